The molecule has 1 amide bonds. The molecule has 0 unspecified atom stereocenters. The van der Waals surface area contributed by atoms with Crippen LogP contribution in [0.2, 0.25) is 0 Å². The Kier molecular flexibility index (Phi) is 6.05. The Labute approximate surface area is 193 Å². The van der Waals surface area contributed by atoms with Gasteiger partial charge in [0.05, 0.1) is 29.7 Å². The molecule has 1 fully saturated rings. The van der Waals surface area contributed by atoms with E-state index < -0.39 is 0 Å². The van der Waals surface area contributed by atoms with E-state index in [1.807, 2.05) is 0 Å². The van der Waals surface area contributed by atoms with Crippen LogP contribution in [-0.4, -0.2) is 63.7 Å². The summed E-state index contributed by atoms with van der Waals surface area (Å²) in [7, 11) is 0. The van der Waals surface area contributed by atoms with E-state index in [0.29, 0.717) is 43.1 Å². The molecule has 168 valence electrons. The zero-order chi connectivity index (χ0) is 22.6. The minimum absolute atomic E-state index is 0.136. The number of morpholine rings is 1. The molecule has 1 aliphatic rings. The van der Waals surface area contributed by atoms with Crippen LogP contribution in [0.25, 0.3) is 21.6 Å². The molecule has 4 aromatic rings. The van der Waals surface area contributed by atoms with Crippen LogP contribution >= 0.6 is 11.3 Å². The van der Waals surface area contributed by atoms with Crippen molar-refractivity contribution in [3.63, 3.8) is 0 Å². The van der Waals surface area contributed by atoms with Gasteiger partial charge in [-0.2, -0.15) is 0 Å². The Balaban J connectivity index is 1.41. The second-order valence-electron chi connectivity index (χ2n) is 7.48. The molecule has 0 aliphatic carbocycles. The molecule has 33 heavy (non-hydrogen) atoms. The number of pyridine rings is 1. The highest BCUT2D eigenvalue weighted by Crippen LogP contribution is 2.33. The van der Waals surface area contributed by atoms with Crippen molar-refractivity contribution in [3.05, 3.63) is 53.4 Å². The molecule has 0 bridgehead atoms. The van der Waals surface area contributed by atoms with Crippen LogP contribution in [-0.2, 0) is 11.2 Å². The molecule has 0 aromatic carbocycles. The third-order valence-electron chi connectivity index (χ3n) is 5.24. The second kappa shape index (κ2) is 9.43. The third-order valence-corrected chi connectivity index (χ3v) is 6.33. The highest BCUT2D eigenvalue weighted by molar-refractivity contribution is 7.18. The Morgan fingerprint density at radius 1 is 1.18 bits per heavy atom. The molecule has 4 aromatic heterocycles. The summed E-state index contributed by atoms with van der Waals surface area (Å²) >= 11 is 1.60. The van der Waals surface area contributed by atoms with E-state index in [4.69, 9.17) is 20.4 Å². The average Bonchev–Trinajstić information content (AvgIpc) is 3.27. The summed E-state index contributed by atoms with van der Waals surface area (Å²) in [5.41, 5.74) is 6.89. The lowest BCUT2D eigenvalue weighted by molar-refractivity contribution is 0.0954. The highest BCUT2D eigenvalue weighted by Gasteiger charge is 2.20. The molecule has 3 N–H and O–H groups in total. The zero-order valence-corrected chi connectivity index (χ0v) is 18.6. The molecular formula is C22H22N8O2S. The van der Waals surface area contributed by atoms with Crippen LogP contribution in [0.1, 0.15) is 15.2 Å². The predicted molar refractivity (Wildman–Crippen MR) is 126 cm³/mol. The number of carbonyl (C=O) groups is 1. The first-order valence-corrected chi connectivity index (χ1v) is 11.4. The van der Waals surface area contributed by atoms with E-state index in [0.717, 1.165) is 34.0 Å². The van der Waals surface area contributed by atoms with E-state index in [1.54, 1.807) is 48.3 Å². The minimum atomic E-state index is -0.136. The molecule has 1 aliphatic heterocycles. The Morgan fingerprint density at radius 3 is 2.76 bits per heavy atom. The lowest BCUT2D eigenvalue weighted by atomic mass is 10.2. The normalized spacial score (nSPS) is 13.9. The predicted octanol–water partition coefficient (Wildman–Crippen LogP) is 1.93. The van der Waals surface area contributed by atoms with Crippen LogP contribution in [0.4, 0.5) is 11.8 Å². The largest absolute Gasteiger partial charge is 0.378 e. The number of thiophene rings is 1. The van der Waals surface area contributed by atoms with Crippen molar-refractivity contribution in [3.8, 4) is 11.4 Å². The van der Waals surface area contributed by atoms with Crippen LogP contribution in [0.3, 0.4) is 0 Å². The van der Waals surface area contributed by atoms with Gasteiger partial charge in [-0.05, 0) is 24.6 Å². The first-order valence-electron chi connectivity index (χ1n) is 10.6. The molecular weight excluding hydrogens is 440 g/mol. The molecule has 0 radical (unpaired) electrons. The summed E-state index contributed by atoms with van der Waals surface area (Å²) in [5, 5.41) is 3.94. The fourth-order valence-electron chi connectivity index (χ4n) is 3.58. The van der Waals surface area contributed by atoms with Crippen LogP contribution in [0.5, 0.6) is 0 Å². The number of rotatable bonds is 6. The van der Waals surface area contributed by atoms with Crippen molar-refractivity contribution in [1.82, 2.24) is 30.2 Å². The van der Waals surface area contributed by atoms with Crippen LogP contribution in [0.15, 0.2) is 43.0 Å². The summed E-state index contributed by atoms with van der Waals surface area (Å²) in [4.78, 5) is 38.3. The summed E-state index contributed by atoms with van der Waals surface area (Å²) in [6.45, 7) is 3.35. The quantitative estimate of drug-likeness (QED) is 0.441. The zero-order valence-electron chi connectivity index (χ0n) is 17.8. The first kappa shape index (κ1) is 21.2. The molecule has 5 rings (SSSR count). The van der Waals surface area contributed by atoms with Gasteiger partial charge in [0.1, 0.15) is 10.6 Å². The smallest absolute Gasteiger partial charge is 0.252 e. The second-order valence-corrected chi connectivity index (χ2v) is 8.59. The van der Waals surface area contributed by atoms with Gasteiger partial charge in [-0.3, -0.25) is 9.78 Å². The molecule has 0 saturated carbocycles. The standard InChI is InChI=1S/C22H22N8O2S/c23-22-26-12-15(13-27-22)18-28-19(30-6-8-32-9-7-30)17-10-16(33-21(17)29-18)3-5-25-20(31)14-2-1-4-24-11-14/h1-2,4,10-13H,3,5-9H2,(H,25,31)(H2,23,26,27). The number of hydrogen-bond donors (Lipinski definition) is 2. The lowest BCUT2D eigenvalue weighted by Crippen LogP contribution is -2.37. The van der Waals surface area contributed by atoms with E-state index >= 15 is 0 Å². The van der Waals surface area contributed by atoms with Gasteiger partial charge in [-0.25, -0.2) is 19.9 Å². The van der Waals surface area contributed by atoms with E-state index in [-0.39, 0.29) is 11.9 Å². The number of aromatic nitrogens is 5. The summed E-state index contributed by atoms with van der Waals surface area (Å²) < 4.78 is 5.52. The number of nitrogens with two attached hydrogens (primary N) is 1. The highest BCUT2D eigenvalue weighted by atomic mass is 32.1. The number of amides is 1. The average molecular weight is 463 g/mol. The maximum Gasteiger partial charge on any atom is 0.252 e. The Bertz CT molecular complexity index is 1260. The lowest BCUT2D eigenvalue weighted by Gasteiger charge is -2.28. The number of carbonyl (C=O) groups excluding carboxylic acids is 1. The summed E-state index contributed by atoms with van der Waals surface area (Å²) in [5.74, 6) is 1.50. The molecule has 0 spiro atoms. The third kappa shape index (κ3) is 4.73. The fraction of sp³-hybridized carbons (Fsp3) is 0.273. The van der Waals surface area contributed by atoms with Gasteiger partial charge in [0.2, 0.25) is 5.95 Å². The molecule has 0 atom stereocenters. The summed E-state index contributed by atoms with van der Waals surface area (Å²) in [6.07, 6.45) is 7.16. The van der Waals surface area contributed by atoms with Crippen molar-refractivity contribution < 1.29 is 9.53 Å². The van der Waals surface area contributed by atoms with Crippen molar-refractivity contribution >= 4 is 39.2 Å². The van der Waals surface area contributed by atoms with E-state index in [1.165, 1.54) is 0 Å². The number of nitrogens with zero attached hydrogens (tertiary/aromatic N) is 6. The first-order chi connectivity index (χ1) is 16.2. The van der Waals surface area contributed by atoms with Crippen molar-refractivity contribution in [2.45, 2.75) is 6.42 Å². The number of nitrogen functional groups attached to an aromatic ring is 1. The maximum atomic E-state index is 12.3. The van der Waals surface area contributed by atoms with Crippen molar-refractivity contribution in [2.75, 3.05) is 43.5 Å². The van der Waals surface area contributed by atoms with E-state index in [9.17, 15) is 4.79 Å². The summed E-state index contributed by atoms with van der Waals surface area (Å²) in [6, 6.07) is 5.61. The number of ether oxygens (including phenoxy) is 1. The van der Waals surface area contributed by atoms with Crippen LogP contribution in [0, 0.1) is 0 Å². The minimum Gasteiger partial charge on any atom is -0.378 e. The molecule has 1 saturated heterocycles. The SMILES string of the molecule is Nc1ncc(-c2nc(N3CCOCC3)c3cc(CCNC(=O)c4cccnc4)sc3n2)cn1. The molecule has 11 heteroatoms. The Hall–Kier alpha value is -3.70. The van der Waals surface area contributed by atoms with Crippen molar-refractivity contribution in [2.24, 2.45) is 0 Å². The maximum absolute atomic E-state index is 12.3. The van der Waals surface area contributed by atoms with Gasteiger partial charge in [-0.1, -0.05) is 0 Å². The van der Waals surface area contributed by atoms with Gasteiger partial charge in [0.25, 0.3) is 5.91 Å². The van der Waals surface area contributed by atoms with Gasteiger partial charge in [-0.15, -0.1) is 11.3 Å². The van der Waals surface area contributed by atoms with Gasteiger partial charge >= 0.3 is 0 Å². The van der Waals surface area contributed by atoms with Gasteiger partial charge < -0.3 is 20.7 Å². The fourth-order valence-corrected chi connectivity index (χ4v) is 4.60. The number of nitrogens with one attached hydrogen (secondary N) is 1. The number of anilines is 2. The van der Waals surface area contributed by atoms with Crippen molar-refractivity contribution in [1.29, 1.82) is 0 Å². The van der Waals surface area contributed by atoms with Crippen LogP contribution < -0.4 is 16.0 Å². The number of hydrogen-bond acceptors (Lipinski definition) is 10. The molecule has 5 heterocycles. The van der Waals surface area contributed by atoms with E-state index in [2.05, 4.69) is 31.2 Å². The van der Waals surface area contributed by atoms with Gasteiger partial charge in [0, 0.05) is 49.3 Å². The monoisotopic (exact) mass is 462 g/mol. The Morgan fingerprint density at radius 2 is 2.00 bits per heavy atom. The van der Waals surface area contributed by atoms with Gasteiger partial charge in [0.15, 0.2) is 5.82 Å². The molecule has 10 nitrogen and oxygen atoms in total. The number of fused-ring (bicyclic) bond motifs is 1. The topological polar surface area (TPSA) is 132 Å².